The molecule has 5 nitrogen and oxygen atoms in total. The maximum Gasteiger partial charge on any atom is 0.330 e. The molecular weight excluding hydrogens is 296 g/mol. The van der Waals surface area contributed by atoms with Crippen LogP contribution in [0.15, 0.2) is 24.3 Å². The highest BCUT2D eigenvalue weighted by Crippen LogP contribution is 2.40. The van der Waals surface area contributed by atoms with Gasteiger partial charge < -0.3 is 14.6 Å². The molecule has 124 valence electrons. The number of ketones is 1. The Kier molecular flexibility index (Phi) is 5.08. The van der Waals surface area contributed by atoms with Gasteiger partial charge in [0.1, 0.15) is 17.1 Å². The van der Waals surface area contributed by atoms with Gasteiger partial charge in [-0.25, -0.2) is 4.79 Å². The zero-order chi connectivity index (χ0) is 17.0. The second-order valence-electron chi connectivity index (χ2n) is 5.79. The number of carbonyl (C=O) groups is 2. The normalized spacial score (nSPS) is 20.2. The van der Waals surface area contributed by atoms with Crippen molar-refractivity contribution >= 4 is 11.8 Å². The van der Waals surface area contributed by atoms with Gasteiger partial charge in [0.2, 0.25) is 0 Å². The van der Waals surface area contributed by atoms with Gasteiger partial charge in [0.05, 0.1) is 18.6 Å². The van der Waals surface area contributed by atoms with Crippen LogP contribution in [0.1, 0.15) is 49.5 Å². The summed E-state index contributed by atoms with van der Waals surface area (Å²) in [5.41, 5.74) is 0.176. The number of benzene rings is 1. The number of phenols is 1. The lowest BCUT2D eigenvalue weighted by molar-refractivity contribution is -0.137. The van der Waals surface area contributed by atoms with Crippen molar-refractivity contribution in [3.63, 3.8) is 0 Å². The summed E-state index contributed by atoms with van der Waals surface area (Å²) in [5.74, 6) is -0.00370. The number of aromatic hydroxyl groups is 1. The van der Waals surface area contributed by atoms with E-state index in [4.69, 9.17) is 9.47 Å². The second-order valence-corrected chi connectivity index (χ2v) is 5.79. The number of rotatable bonds is 5. The molecule has 0 spiro atoms. The first-order chi connectivity index (χ1) is 10.9. The zero-order valence-electron chi connectivity index (χ0n) is 13.7. The highest BCUT2D eigenvalue weighted by atomic mass is 16.5. The van der Waals surface area contributed by atoms with Crippen LogP contribution in [0.25, 0.3) is 0 Å². The van der Waals surface area contributed by atoms with Gasteiger partial charge in [-0.15, -0.1) is 0 Å². The fourth-order valence-corrected chi connectivity index (χ4v) is 2.66. The van der Waals surface area contributed by atoms with Gasteiger partial charge in [-0.3, -0.25) is 4.79 Å². The molecular formula is C18H22O5. The third-order valence-corrected chi connectivity index (χ3v) is 3.74. The van der Waals surface area contributed by atoms with Gasteiger partial charge in [-0.1, -0.05) is 13.3 Å². The average molecular weight is 318 g/mol. The Labute approximate surface area is 135 Å². The first-order valence-electron chi connectivity index (χ1n) is 7.83. The molecule has 1 aromatic rings. The average Bonchev–Trinajstić information content (AvgIpc) is 2.49. The van der Waals surface area contributed by atoms with E-state index in [1.54, 1.807) is 26.0 Å². The van der Waals surface area contributed by atoms with Crippen LogP contribution in [0.5, 0.6) is 11.5 Å². The fourth-order valence-electron chi connectivity index (χ4n) is 2.66. The lowest BCUT2D eigenvalue weighted by Gasteiger charge is -2.34. The lowest BCUT2D eigenvalue weighted by atomic mass is 9.89. The van der Waals surface area contributed by atoms with E-state index in [9.17, 15) is 14.7 Å². The Morgan fingerprint density at radius 2 is 2.17 bits per heavy atom. The van der Waals surface area contributed by atoms with Crippen molar-refractivity contribution in [2.75, 3.05) is 6.61 Å². The highest BCUT2D eigenvalue weighted by molar-refractivity contribution is 6.01. The number of hydrogen-bond donors (Lipinski definition) is 1. The van der Waals surface area contributed by atoms with E-state index in [1.807, 2.05) is 6.92 Å². The van der Waals surface area contributed by atoms with Crippen LogP contribution in [0.4, 0.5) is 0 Å². The maximum absolute atomic E-state index is 12.4. The van der Waals surface area contributed by atoms with Crippen molar-refractivity contribution in [2.45, 2.75) is 45.6 Å². The summed E-state index contributed by atoms with van der Waals surface area (Å²) in [5, 5.41) is 10.1. The fraction of sp³-hybridized carbons (Fsp3) is 0.444. The quantitative estimate of drug-likeness (QED) is 0.667. The summed E-state index contributed by atoms with van der Waals surface area (Å²) in [6.45, 7) is 5.74. The van der Waals surface area contributed by atoms with Crippen LogP contribution in [0, 0.1) is 0 Å². The van der Waals surface area contributed by atoms with Gasteiger partial charge in [-0.2, -0.15) is 0 Å². The number of fused-ring (bicyclic) bond motifs is 1. The summed E-state index contributed by atoms with van der Waals surface area (Å²) >= 11 is 0. The third kappa shape index (κ3) is 3.73. The number of phenolic OH excluding ortho intramolecular Hbond substituents is 1. The molecule has 0 unspecified atom stereocenters. The van der Waals surface area contributed by atoms with Crippen molar-refractivity contribution in [2.24, 2.45) is 0 Å². The summed E-state index contributed by atoms with van der Waals surface area (Å²) in [6, 6.07) is 3.11. The minimum absolute atomic E-state index is 0.0698. The molecule has 1 aliphatic heterocycles. The molecule has 23 heavy (non-hydrogen) atoms. The van der Waals surface area contributed by atoms with Crippen LogP contribution in [-0.2, 0) is 16.0 Å². The van der Waals surface area contributed by atoms with Crippen molar-refractivity contribution in [3.8, 4) is 11.5 Å². The van der Waals surface area contributed by atoms with Crippen LogP contribution in [-0.4, -0.2) is 29.1 Å². The van der Waals surface area contributed by atoms with E-state index in [0.717, 1.165) is 6.42 Å². The monoisotopic (exact) mass is 318 g/mol. The third-order valence-electron chi connectivity index (χ3n) is 3.74. The Hall–Kier alpha value is -2.30. The molecule has 0 bridgehead atoms. The van der Waals surface area contributed by atoms with Gasteiger partial charge in [0.25, 0.3) is 0 Å². The Bertz CT molecular complexity index is 647. The topological polar surface area (TPSA) is 72.8 Å². The molecule has 1 N–H and O–H groups in total. The first kappa shape index (κ1) is 17.1. The number of ether oxygens (including phenoxy) is 2. The predicted octanol–water partition coefficient (Wildman–Crippen LogP) is 3.19. The van der Waals surface area contributed by atoms with Gasteiger partial charge >= 0.3 is 5.97 Å². The smallest absolute Gasteiger partial charge is 0.330 e. The molecule has 1 aliphatic rings. The molecule has 1 atom stereocenters. The second kappa shape index (κ2) is 6.86. The van der Waals surface area contributed by atoms with E-state index < -0.39 is 11.6 Å². The number of Topliss-reactive ketones (excluding diaryl/α,β-unsaturated/α-hetero) is 1. The molecule has 0 aromatic heterocycles. The molecule has 0 saturated carbocycles. The van der Waals surface area contributed by atoms with E-state index >= 15 is 0 Å². The van der Waals surface area contributed by atoms with Crippen molar-refractivity contribution in [1.82, 2.24) is 0 Å². The molecule has 0 fully saturated rings. The van der Waals surface area contributed by atoms with E-state index in [1.165, 1.54) is 12.1 Å². The number of carbonyl (C=O) groups excluding carboxylic acids is 2. The summed E-state index contributed by atoms with van der Waals surface area (Å²) in [7, 11) is 0. The van der Waals surface area contributed by atoms with Crippen molar-refractivity contribution < 1.29 is 24.2 Å². The first-order valence-corrected chi connectivity index (χ1v) is 7.83. The molecule has 1 aromatic carbocycles. The number of esters is 1. The summed E-state index contributed by atoms with van der Waals surface area (Å²) in [6.07, 6.45) is 4.39. The summed E-state index contributed by atoms with van der Waals surface area (Å²) in [4.78, 5) is 23.9. The van der Waals surface area contributed by atoms with Crippen LogP contribution in [0.2, 0.25) is 0 Å². The molecule has 2 rings (SSSR count). The lowest BCUT2D eigenvalue weighted by Crippen LogP contribution is -2.38. The van der Waals surface area contributed by atoms with Gasteiger partial charge in [0.15, 0.2) is 5.78 Å². The van der Waals surface area contributed by atoms with Crippen LogP contribution >= 0.6 is 0 Å². The number of hydrogen-bond acceptors (Lipinski definition) is 5. The molecule has 0 amide bonds. The highest BCUT2D eigenvalue weighted by Gasteiger charge is 2.36. The van der Waals surface area contributed by atoms with Crippen molar-refractivity contribution in [3.05, 3.63) is 35.4 Å². The largest absolute Gasteiger partial charge is 0.508 e. The minimum atomic E-state index is -0.937. The van der Waals surface area contributed by atoms with Gasteiger partial charge in [-0.05, 0) is 38.5 Å². The van der Waals surface area contributed by atoms with Crippen molar-refractivity contribution in [1.29, 1.82) is 0 Å². The van der Waals surface area contributed by atoms with Crippen LogP contribution in [0.3, 0.4) is 0 Å². The Morgan fingerprint density at radius 1 is 1.43 bits per heavy atom. The zero-order valence-corrected chi connectivity index (χ0v) is 13.7. The SMILES string of the molecule is CCCc1c(O)ccc2c1O[C@@](C)(/C=C/C(=O)OCC)CC2=O. The standard InChI is InChI=1S/C18H22O5/c1-4-6-12-14(19)8-7-13-15(20)11-18(3,23-17(12)13)10-9-16(21)22-5-2/h7-10,19H,4-6,11H2,1-3H3/b10-9+/t18-/m0/s1. The van der Waals surface area contributed by atoms with Crippen LogP contribution < -0.4 is 4.74 Å². The molecule has 1 heterocycles. The predicted molar refractivity (Wildman–Crippen MR) is 85.9 cm³/mol. The van der Waals surface area contributed by atoms with Gasteiger partial charge in [0, 0.05) is 11.6 Å². The molecule has 0 saturated heterocycles. The Balaban J connectivity index is 2.36. The molecule has 5 heteroatoms. The summed E-state index contributed by atoms with van der Waals surface area (Å²) < 4.78 is 10.9. The van der Waals surface area contributed by atoms with E-state index in [2.05, 4.69) is 0 Å². The molecule has 0 aliphatic carbocycles. The molecule has 0 radical (unpaired) electrons. The van der Waals surface area contributed by atoms with E-state index in [-0.39, 0.29) is 24.6 Å². The van der Waals surface area contributed by atoms with E-state index in [0.29, 0.717) is 23.3 Å². The maximum atomic E-state index is 12.4. The Morgan fingerprint density at radius 3 is 2.83 bits per heavy atom. The minimum Gasteiger partial charge on any atom is -0.508 e.